The maximum Gasteiger partial charge on any atom is 0.0925 e. The van der Waals surface area contributed by atoms with Crippen molar-refractivity contribution in [3.63, 3.8) is 0 Å². The molecule has 5 atom stereocenters. The number of morpholine rings is 1. The van der Waals surface area contributed by atoms with Gasteiger partial charge in [-0.1, -0.05) is 13.0 Å². The van der Waals surface area contributed by atoms with Gasteiger partial charge in [-0.2, -0.15) is 0 Å². The Morgan fingerprint density at radius 3 is 1.83 bits per heavy atom. The summed E-state index contributed by atoms with van der Waals surface area (Å²) in [6.07, 6.45) is 3.17. The van der Waals surface area contributed by atoms with E-state index in [0.29, 0.717) is 0 Å². The molecule has 5 saturated heterocycles. The first-order valence-electron chi connectivity index (χ1n) is 16.6. The second-order valence-corrected chi connectivity index (χ2v) is 13.9. The Labute approximate surface area is 254 Å². The Balaban J connectivity index is 1.61. The van der Waals surface area contributed by atoms with Crippen molar-refractivity contribution in [1.29, 1.82) is 0 Å². The highest BCUT2D eigenvalue weighted by atomic mass is 16.5. The maximum absolute atomic E-state index is 5.99. The Morgan fingerprint density at radius 1 is 0.738 bits per heavy atom. The van der Waals surface area contributed by atoms with Crippen molar-refractivity contribution in [3.8, 4) is 0 Å². The van der Waals surface area contributed by atoms with Gasteiger partial charge in [0.05, 0.1) is 30.6 Å². The molecular formula is C32H57N9O. The molecule has 0 saturated carbocycles. The van der Waals surface area contributed by atoms with E-state index < -0.39 is 0 Å². The summed E-state index contributed by atoms with van der Waals surface area (Å²) in [5.41, 5.74) is 0.474. The number of hydrogen-bond donors (Lipinski definition) is 3. The molecule has 6 rings (SSSR count). The third-order valence-electron chi connectivity index (χ3n) is 12.5. The molecule has 0 amide bonds. The molecule has 10 nitrogen and oxygen atoms in total. The fourth-order valence-electron chi connectivity index (χ4n) is 10.0. The number of aromatic nitrogens is 1. The van der Waals surface area contributed by atoms with E-state index >= 15 is 0 Å². The number of nitrogens with zero attached hydrogens (tertiary/aromatic N) is 6. The van der Waals surface area contributed by atoms with Gasteiger partial charge in [0, 0.05) is 114 Å². The van der Waals surface area contributed by atoms with Crippen LogP contribution in [-0.2, 0) is 11.2 Å². The van der Waals surface area contributed by atoms with E-state index in [2.05, 4.69) is 93.4 Å². The minimum Gasteiger partial charge on any atom is -0.379 e. The SMILES string of the molecule is CN1C(N2CCNCC2)C(C)(Cc2ccccn2)C(C)(N2CCNCC2)C(C)(N2CCNCC2)C1(C)N1CCOCC1. The fraction of sp³-hybridized carbons (Fsp3) is 0.844. The van der Waals surface area contributed by atoms with Crippen molar-refractivity contribution in [3.05, 3.63) is 30.1 Å². The fourth-order valence-corrected chi connectivity index (χ4v) is 10.0. The quantitative estimate of drug-likeness (QED) is 0.432. The van der Waals surface area contributed by atoms with Crippen molar-refractivity contribution in [2.45, 2.75) is 57.0 Å². The van der Waals surface area contributed by atoms with Gasteiger partial charge in [0.1, 0.15) is 0 Å². The molecule has 6 heterocycles. The molecule has 0 bridgehead atoms. The molecule has 0 aromatic carbocycles. The zero-order chi connectivity index (χ0) is 29.4. The van der Waals surface area contributed by atoms with Crippen molar-refractivity contribution in [2.75, 3.05) is 112 Å². The zero-order valence-corrected chi connectivity index (χ0v) is 27.0. The second kappa shape index (κ2) is 12.3. The molecule has 10 heteroatoms. The second-order valence-electron chi connectivity index (χ2n) is 13.9. The van der Waals surface area contributed by atoms with Crippen LogP contribution in [0.5, 0.6) is 0 Å². The van der Waals surface area contributed by atoms with E-state index in [-0.39, 0.29) is 28.3 Å². The molecule has 5 fully saturated rings. The normalized spacial score (nSPS) is 40.7. The van der Waals surface area contributed by atoms with Crippen LogP contribution in [0.3, 0.4) is 0 Å². The monoisotopic (exact) mass is 583 g/mol. The lowest BCUT2D eigenvalue weighted by molar-refractivity contribution is -0.316. The number of rotatable bonds is 6. The third-order valence-corrected chi connectivity index (χ3v) is 12.5. The van der Waals surface area contributed by atoms with Crippen molar-refractivity contribution < 1.29 is 4.74 Å². The minimum atomic E-state index is -0.229. The lowest BCUT2D eigenvalue weighted by Gasteiger charge is -2.79. The minimum absolute atomic E-state index is 0.129. The van der Waals surface area contributed by atoms with Crippen molar-refractivity contribution in [1.82, 2.24) is 45.4 Å². The Morgan fingerprint density at radius 2 is 1.29 bits per heavy atom. The molecule has 0 radical (unpaired) electrons. The lowest BCUT2D eigenvalue weighted by atomic mass is 9.49. The maximum atomic E-state index is 5.99. The van der Waals surface area contributed by atoms with Crippen LogP contribution >= 0.6 is 0 Å². The zero-order valence-electron chi connectivity index (χ0n) is 27.0. The predicted molar refractivity (Wildman–Crippen MR) is 169 cm³/mol. The Kier molecular flexibility index (Phi) is 9.01. The molecule has 1 aromatic rings. The first kappa shape index (κ1) is 30.8. The number of piperazine rings is 3. The summed E-state index contributed by atoms with van der Waals surface area (Å²) in [4.78, 5) is 19.2. The van der Waals surface area contributed by atoms with Gasteiger partial charge in [0.2, 0.25) is 0 Å². The number of piperidine rings is 1. The average Bonchev–Trinajstić information content (AvgIpc) is 3.05. The summed E-state index contributed by atoms with van der Waals surface area (Å²) in [5, 5.41) is 11.0. The van der Waals surface area contributed by atoms with Gasteiger partial charge in [-0.05, 0) is 46.4 Å². The number of pyridine rings is 1. The molecule has 3 N–H and O–H groups in total. The molecule has 5 aliphatic rings. The summed E-state index contributed by atoms with van der Waals surface area (Å²) in [5.74, 6) is 0. The van der Waals surface area contributed by atoms with Gasteiger partial charge in [-0.3, -0.25) is 29.5 Å². The number of nitrogens with one attached hydrogen (secondary N) is 3. The van der Waals surface area contributed by atoms with E-state index in [4.69, 9.17) is 9.72 Å². The third kappa shape index (κ3) is 4.68. The van der Waals surface area contributed by atoms with E-state index in [1.165, 1.54) is 5.69 Å². The summed E-state index contributed by atoms with van der Waals surface area (Å²) in [6.45, 7) is 26.7. The number of hydrogen-bond acceptors (Lipinski definition) is 10. The Bertz CT molecular complexity index is 1020. The average molecular weight is 584 g/mol. The van der Waals surface area contributed by atoms with E-state index in [0.717, 1.165) is 111 Å². The number of likely N-dealkylation sites (N-methyl/N-ethyl adjacent to an activating group) is 1. The molecule has 1 aromatic heterocycles. The van der Waals surface area contributed by atoms with Crippen LogP contribution in [0, 0.1) is 5.41 Å². The van der Waals surface area contributed by atoms with Gasteiger partial charge >= 0.3 is 0 Å². The van der Waals surface area contributed by atoms with Crippen LogP contribution in [-0.4, -0.2) is 164 Å². The summed E-state index contributed by atoms with van der Waals surface area (Å²) < 4.78 is 5.99. The highest BCUT2D eigenvalue weighted by Crippen LogP contribution is 2.61. The van der Waals surface area contributed by atoms with Gasteiger partial charge in [-0.25, -0.2) is 0 Å². The van der Waals surface area contributed by atoms with Crippen LogP contribution in [0.15, 0.2) is 24.4 Å². The largest absolute Gasteiger partial charge is 0.379 e. The van der Waals surface area contributed by atoms with Gasteiger partial charge in [0.25, 0.3) is 0 Å². The van der Waals surface area contributed by atoms with Gasteiger partial charge in [-0.15, -0.1) is 0 Å². The molecule has 0 aliphatic carbocycles. The van der Waals surface area contributed by atoms with Crippen LogP contribution < -0.4 is 16.0 Å². The van der Waals surface area contributed by atoms with E-state index in [9.17, 15) is 0 Å². The first-order valence-corrected chi connectivity index (χ1v) is 16.6. The van der Waals surface area contributed by atoms with Crippen molar-refractivity contribution in [2.24, 2.45) is 5.41 Å². The van der Waals surface area contributed by atoms with E-state index in [1.807, 2.05) is 6.20 Å². The molecule has 5 aliphatic heterocycles. The highest BCUT2D eigenvalue weighted by Gasteiger charge is 2.76. The lowest BCUT2D eigenvalue weighted by Crippen LogP contribution is -2.95. The van der Waals surface area contributed by atoms with Crippen LogP contribution in [0.25, 0.3) is 0 Å². The summed E-state index contributed by atoms with van der Waals surface area (Å²) >= 11 is 0. The molecule has 0 spiro atoms. The molecule has 236 valence electrons. The number of ether oxygens (including phenoxy) is 1. The van der Waals surface area contributed by atoms with Crippen LogP contribution in [0.1, 0.15) is 33.4 Å². The summed E-state index contributed by atoms with van der Waals surface area (Å²) in [7, 11) is 2.45. The molecular weight excluding hydrogens is 526 g/mol. The van der Waals surface area contributed by atoms with Gasteiger partial charge < -0.3 is 20.7 Å². The predicted octanol–water partition coefficient (Wildman–Crippen LogP) is 0.183. The smallest absolute Gasteiger partial charge is 0.0925 e. The van der Waals surface area contributed by atoms with Crippen LogP contribution in [0.4, 0.5) is 0 Å². The topological polar surface area (TPSA) is 74.4 Å². The standard InChI is InChI=1S/C32H57N9O/c1-29(26-27-8-6-7-9-36-27)28(38-16-10-33-11-17-38)37(5)32(4,41-22-24-42-25-23-41)31(3,40-20-14-35-15-21-40)30(29,2)39-18-12-34-13-19-39/h6-9,28,33-35H,10-26H2,1-5H3. The molecule has 42 heavy (non-hydrogen) atoms. The number of likely N-dealkylation sites (tertiary alicyclic amines) is 1. The Hall–Kier alpha value is -1.21. The van der Waals surface area contributed by atoms with Crippen LogP contribution in [0.2, 0.25) is 0 Å². The van der Waals surface area contributed by atoms with E-state index in [1.54, 1.807) is 0 Å². The van der Waals surface area contributed by atoms with Crippen molar-refractivity contribution >= 4 is 0 Å². The summed E-state index contributed by atoms with van der Waals surface area (Å²) in [6, 6.07) is 6.49. The first-order chi connectivity index (χ1) is 20.3. The highest BCUT2D eigenvalue weighted by molar-refractivity contribution is 5.32. The van der Waals surface area contributed by atoms with Gasteiger partial charge in [0.15, 0.2) is 0 Å². The molecule has 5 unspecified atom stereocenters.